The van der Waals surface area contributed by atoms with E-state index in [1.807, 2.05) is 0 Å². The number of hydrogen-bond donors (Lipinski definition) is 0. The number of rotatable bonds is 5. The molecule has 1 aliphatic heterocycles. The highest BCUT2D eigenvalue weighted by atomic mass is 16.7. The first kappa shape index (κ1) is 14.1. The molecule has 0 amide bonds. The zero-order valence-electron chi connectivity index (χ0n) is 12.0. The van der Waals surface area contributed by atoms with Crippen molar-refractivity contribution in [2.75, 3.05) is 13.2 Å². The van der Waals surface area contributed by atoms with E-state index < -0.39 is 0 Å². The SMILES string of the molecule is C=C1CC(CCC2OCCO2)CC(CC(C)C)C1. The first-order valence-electron chi connectivity index (χ1n) is 7.53. The van der Waals surface area contributed by atoms with Crippen LogP contribution in [0.5, 0.6) is 0 Å². The maximum absolute atomic E-state index is 5.52. The Morgan fingerprint density at radius 2 is 1.78 bits per heavy atom. The zero-order valence-corrected chi connectivity index (χ0v) is 12.0. The van der Waals surface area contributed by atoms with Crippen LogP contribution in [0.2, 0.25) is 0 Å². The highest BCUT2D eigenvalue weighted by Gasteiger charge is 2.26. The van der Waals surface area contributed by atoms with Gasteiger partial charge in [-0.15, -0.1) is 0 Å². The van der Waals surface area contributed by atoms with E-state index in [0.29, 0.717) is 0 Å². The molecule has 2 aliphatic rings. The molecule has 2 unspecified atom stereocenters. The van der Waals surface area contributed by atoms with Crippen LogP contribution in [0.15, 0.2) is 12.2 Å². The van der Waals surface area contributed by atoms with Crippen LogP contribution in [0.1, 0.15) is 52.4 Å². The summed E-state index contributed by atoms with van der Waals surface area (Å²) < 4.78 is 11.0. The third kappa shape index (κ3) is 4.40. The lowest BCUT2D eigenvalue weighted by Crippen LogP contribution is -2.20. The van der Waals surface area contributed by atoms with Crippen LogP contribution in [-0.4, -0.2) is 19.5 Å². The van der Waals surface area contributed by atoms with E-state index in [1.165, 1.54) is 37.7 Å². The maximum atomic E-state index is 5.52. The molecule has 18 heavy (non-hydrogen) atoms. The van der Waals surface area contributed by atoms with Crippen molar-refractivity contribution in [3.8, 4) is 0 Å². The molecule has 2 fully saturated rings. The Labute approximate surface area is 112 Å². The summed E-state index contributed by atoms with van der Waals surface area (Å²) in [5, 5.41) is 0. The second kappa shape index (κ2) is 6.72. The molecule has 0 spiro atoms. The van der Waals surface area contributed by atoms with Gasteiger partial charge in [0.05, 0.1) is 13.2 Å². The van der Waals surface area contributed by atoms with E-state index >= 15 is 0 Å². The van der Waals surface area contributed by atoms with E-state index in [4.69, 9.17) is 9.47 Å². The molecule has 104 valence electrons. The molecule has 1 saturated carbocycles. The minimum Gasteiger partial charge on any atom is -0.350 e. The fraction of sp³-hybridized carbons (Fsp3) is 0.875. The van der Waals surface area contributed by atoms with Crippen molar-refractivity contribution in [2.45, 2.75) is 58.7 Å². The highest BCUT2D eigenvalue weighted by molar-refractivity contribution is 5.02. The normalized spacial score (nSPS) is 30.3. The first-order valence-corrected chi connectivity index (χ1v) is 7.53. The molecule has 2 rings (SSSR count). The van der Waals surface area contributed by atoms with E-state index in [-0.39, 0.29) is 6.29 Å². The van der Waals surface area contributed by atoms with Crippen molar-refractivity contribution in [2.24, 2.45) is 17.8 Å². The molecule has 0 N–H and O–H groups in total. The number of hydrogen-bond acceptors (Lipinski definition) is 2. The third-order valence-corrected chi connectivity index (χ3v) is 4.13. The van der Waals surface area contributed by atoms with Crippen molar-refractivity contribution >= 4 is 0 Å². The Hall–Kier alpha value is -0.340. The summed E-state index contributed by atoms with van der Waals surface area (Å²) in [6.45, 7) is 10.4. The first-order chi connectivity index (χ1) is 8.63. The monoisotopic (exact) mass is 252 g/mol. The van der Waals surface area contributed by atoms with Gasteiger partial charge in [-0.2, -0.15) is 0 Å². The standard InChI is InChI=1S/C16H28O2/c1-12(2)8-15-10-13(3)9-14(11-15)4-5-16-17-6-7-18-16/h12,14-16H,3-11H2,1-2H3. The van der Waals surface area contributed by atoms with Gasteiger partial charge in [0.15, 0.2) is 6.29 Å². The van der Waals surface area contributed by atoms with Crippen LogP contribution >= 0.6 is 0 Å². The molecule has 1 aliphatic carbocycles. The molecular formula is C16H28O2. The van der Waals surface area contributed by atoms with E-state index in [2.05, 4.69) is 20.4 Å². The number of ether oxygens (including phenoxy) is 2. The van der Waals surface area contributed by atoms with Crippen molar-refractivity contribution in [3.63, 3.8) is 0 Å². The summed E-state index contributed by atoms with van der Waals surface area (Å²) >= 11 is 0. The Balaban J connectivity index is 1.74. The minimum absolute atomic E-state index is 0.0729. The molecule has 0 aromatic rings. The molecule has 2 atom stereocenters. The molecule has 2 heteroatoms. The Bertz CT molecular complexity index is 266. The van der Waals surface area contributed by atoms with Gasteiger partial charge in [0.1, 0.15) is 0 Å². The molecule has 1 heterocycles. The van der Waals surface area contributed by atoms with Crippen LogP contribution in [0.25, 0.3) is 0 Å². The third-order valence-electron chi connectivity index (χ3n) is 4.13. The van der Waals surface area contributed by atoms with Crippen LogP contribution in [-0.2, 0) is 9.47 Å². The van der Waals surface area contributed by atoms with Gasteiger partial charge in [-0.05, 0) is 56.3 Å². The molecule has 0 bridgehead atoms. The summed E-state index contributed by atoms with van der Waals surface area (Å²) in [7, 11) is 0. The average molecular weight is 252 g/mol. The van der Waals surface area contributed by atoms with Crippen LogP contribution in [0, 0.1) is 17.8 Å². The van der Waals surface area contributed by atoms with Gasteiger partial charge in [0.2, 0.25) is 0 Å². The average Bonchev–Trinajstić information content (AvgIpc) is 2.77. The highest BCUT2D eigenvalue weighted by Crippen LogP contribution is 2.38. The molecule has 0 aromatic carbocycles. The summed E-state index contributed by atoms with van der Waals surface area (Å²) in [4.78, 5) is 0. The van der Waals surface area contributed by atoms with Gasteiger partial charge in [-0.1, -0.05) is 26.0 Å². The maximum Gasteiger partial charge on any atom is 0.157 e. The molecule has 0 radical (unpaired) electrons. The van der Waals surface area contributed by atoms with E-state index in [1.54, 1.807) is 0 Å². The minimum atomic E-state index is 0.0729. The second-order valence-corrected chi connectivity index (χ2v) is 6.50. The van der Waals surface area contributed by atoms with Crippen molar-refractivity contribution in [1.29, 1.82) is 0 Å². The van der Waals surface area contributed by atoms with Gasteiger partial charge in [-0.25, -0.2) is 0 Å². The quantitative estimate of drug-likeness (QED) is 0.684. The van der Waals surface area contributed by atoms with Gasteiger partial charge in [0, 0.05) is 0 Å². The molecular weight excluding hydrogens is 224 g/mol. The predicted octanol–water partition coefficient (Wildman–Crippen LogP) is 4.16. The largest absolute Gasteiger partial charge is 0.350 e. The van der Waals surface area contributed by atoms with Crippen LogP contribution in [0.3, 0.4) is 0 Å². The van der Waals surface area contributed by atoms with Crippen LogP contribution in [0.4, 0.5) is 0 Å². The summed E-state index contributed by atoms with van der Waals surface area (Å²) in [6.07, 6.45) is 7.58. The van der Waals surface area contributed by atoms with Gasteiger partial charge in [0.25, 0.3) is 0 Å². The fourth-order valence-electron chi connectivity index (χ4n) is 3.55. The van der Waals surface area contributed by atoms with Crippen LogP contribution < -0.4 is 0 Å². The van der Waals surface area contributed by atoms with Gasteiger partial charge in [-0.3, -0.25) is 0 Å². The summed E-state index contributed by atoms with van der Waals surface area (Å²) in [6, 6.07) is 0. The van der Waals surface area contributed by atoms with Gasteiger partial charge >= 0.3 is 0 Å². The summed E-state index contributed by atoms with van der Waals surface area (Å²) in [5.41, 5.74) is 1.46. The van der Waals surface area contributed by atoms with Gasteiger partial charge < -0.3 is 9.47 Å². The Kier molecular flexibility index (Phi) is 5.25. The Morgan fingerprint density at radius 3 is 2.44 bits per heavy atom. The van der Waals surface area contributed by atoms with Crippen molar-refractivity contribution in [1.82, 2.24) is 0 Å². The van der Waals surface area contributed by atoms with Crippen molar-refractivity contribution < 1.29 is 9.47 Å². The summed E-state index contributed by atoms with van der Waals surface area (Å²) in [5.74, 6) is 2.48. The zero-order chi connectivity index (χ0) is 13.0. The lowest BCUT2D eigenvalue weighted by Gasteiger charge is -2.32. The lowest BCUT2D eigenvalue weighted by atomic mass is 9.74. The smallest absolute Gasteiger partial charge is 0.157 e. The molecule has 1 saturated heterocycles. The topological polar surface area (TPSA) is 18.5 Å². The molecule has 2 nitrogen and oxygen atoms in total. The molecule has 0 aromatic heterocycles. The predicted molar refractivity (Wildman–Crippen MR) is 74.4 cm³/mol. The Morgan fingerprint density at radius 1 is 1.11 bits per heavy atom. The van der Waals surface area contributed by atoms with E-state index in [9.17, 15) is 0 Å². The van der Waals surface area contributed by atoms with Crippen molar-refractivity contribution in [3.05, 3.63) is 12.2 Å². The lowest BCUT2D eigenvalue weighted by molar-refractivity contribution is -0.0510. The number of allylic oxidation sites excluding steroid dienone is 1. The van der Waals surface area contributed by atoms with E-state index in [0.717, 1.165) is 37.4 Å². The second-order valence-electron chi connectivity index (χ2n) is 6.50. The fourth-order valence-corrected chi connectivity index (χ4v) is 3.55.